The van der Waals surface area contributed by atoms with Gasteiger partial charge >= 0.3 is 0 Å². The number of thiophene rings is 1. The quantitative estimate of drug-likeness (QED) is 0.203. The molecule has 0 saturated carbocycles. The molecule has 0 amide bonds. The first-order valence-electron chi connectivity index (χ1n) is 12.0. The van der Waals surface area contributed by atoms with Crippen molar-refractivity contribution in [2.24, 2.45) is 0 Å². The van der Waals surface area contributed by atoms with E-state index in [4.69, 9.17) is 0 Å². The van der Waals surface area contributed by atoms with Crippen LogP contribution in [0, 0.1) is 0 Å². The van der Waals surface area contributed by atoms with Crippen LogP contribution >= 0.6 is 27.3 Å². The van der Waals surface area contributed by atoms with Crippen LogP contribution in [0.15, 0.2) is 143 Å². The summed E-state index contributed by atoms with van der Waals surface area (Å²) in [4.78, 5) is 1.28. The maximum atomic E-state index is 3.55. The number of halogens is 1. The second-order valence-electron chi connectivity index (χ2n) is 8.78. The van der Waals surface area contributed by atoms with Crippen molar-refractivity contribution in [3.8, 4) is 54.9 Å². The van der Waals surface area contributed by atoms with Crippen molar-refractivity contribution >= 4 is 27.3 Å². The summed E-state index contributed by atoms with van der Waals surface area (Å²) in [5, 5.41) is 0. The molecule has 0 aliphatic rings. The van der Waals surface area contributed by atoms with E-state index in [0.29, 0.717) is 0 Å². The fourth-order valence-corrected chi connectivity index (χ4v) is 5.88. The third-order valence-electron chi connectivity index (χ3n) is 6.50. The maximum absolute atomic E-state index is 3.55. The lowest BCUT2D eigenvalue weighted by Crippen LogP contribution is -1.83. The highest BCUT2D eigenvalue weighted by molar-refractivity contribution is 9.11. The second kappa shape index (κ2) is 10.1. The van der Waals surface area contributed by atoms with Gasteiger partial charge in [-0.05, 0) is 78.1 Å². The summed E-state index contributed by atoms with van der Waals surface area (Å²) in [6, 6.07) is 50.1. The van der Waals surface area contributed by atoms with E-state index in [1.807, 2.05) is 0 Å². The summed E-state index contributed by atoms with van der Waals surface area (Å²) in [6.45, 7) is 0. The Kier molecular flexibility index (Phi) is 6.38. The van der Waals surface area contributed by atoms with E-state index in [1.165, 1.54) is 54.9 Å². The molecule has 2 heteroatoms. The van der Waals surface area contributed by atoms with Crippen molar-refractivity contribution in [2.75, 3.05) is 0 Å². The highest BCUT2D eigenvalue weighted by Gasteiger charge is 2.05. The van der Waals surface area contributed by atoms with E-state index in [9.17, 15) is 0 Å². The van der Waals surface area contributed by atoms with Gasteiger partial charge in [0.1, 0.15) is 0 Å². The number of hydrogen-bond acceptors (Lipinski definition) is 1. The van der Waals surface area contributed by atoms with Crippen LogP contribution in [-0.4, -0.2) is 0 Å². The molecular formula is C34H23BrS. The van der Waals surface area contributed by atoms with Gasteiger partial charge in [-0.1, -0.05) is 127 Å². The van der Waals surface area contributed by atoms with Gasteiger partial charge in [0.15, 0.2) is 0 Å². The largest absolute Gasteiger partial charge is 0.128 e. The van der Waals surface area contributed by atoms with Crippen molar-refractivity contribution in [1.29, 1.82) is 0 Å². The van der Waals surface area contributed by atoms with Gasteiger partial charge in [0.05, 0.1) is 3.79 Å². The maximum Gasteiger partial charge on any atom is 0.0705 e. The first-order chi connectivity index (χ1) is 17.7. The molecule has 0 aliphatic heterocycles. The van der Waals surface area contributed by atoms with E-state index in [0.717, 1.165) is 3.79 Å². The van der Waals surface area contributed by atoms with Gasteiger partial charge in [0.2, 0.25) is 0 Å². The second-order valence-corrected chi connectivity index (χ2v) is 11.2. The van der Waals surface area contributed by atoms with Gasteiger partial charge in [-0.15, -0.1) is 11.3 Å². The molecular weight excluding hydrogens is 520 g/mol. The van der Waals surface area contributed by atoms with Gasteiger partial charge in [-0.3, -0.25) is 0 Å². The van der Waals surface area contributed by atoms with E-state index >= 15 is 0 Å². The van der Waals surface area contributed by atoms with Crippen LogP contribution in [-0.2, 0) is 0 Å². The van der Waals surface area contributed by atoms with Crippen LogP contribution in [0.1, 0.15) is 0 Å². The molecule has 172 valence electrons. The minimum absolute atomic E-state index is 1.16. The lowest BCUT2D eigenvalue weighted by atomic mass is 9.97. The van der Waals surface area contributed by atoms with Gasteiger partial charge in [-0.25, -0.2) is 0 Å². The first-order valence-corrected chi connectivity index (χ1v) is 13.6. The van der Waals surface area contributed by atoms with Crippen LogP contribution in [0.3, 0.4) is 0 Å². The Labute approximate surface area is 224 Å². The molecule has 0 atom stereocenters. The first kappa shape index (κ1) is 22.7. The minimum atomic E-state index is 1.16. The van der Waals surface area contributed by atoms with E-state index < -0.39 is 0 Å². The van der Waals surface area contributed by atoms with Crippen LogP contribution in [0.2, 0.25) is 0 Å². The molecule has 6 rings (SSSR count). The molecule has 1 heterocycles. The fourth-order valence-electron chi connectivity index (χ4n) is 4.49. The Balaban J connectivity index is 1.17. The molecule has 0 bridgehead atoms. The van der Waals surface area contributed by atoms with Crippen molar-refractivity contribution in [3.63, 3.8) is 0 Å². The number of hydrogen-bond donors (Lipinski definition) is 0. The topological polar surface area (TPSA) is 0 Å². The molecule has 36 heavy (non-hydrogen) atoms. The van der Waals surface area contributed by atoms with Gasteiger partial charge in [-0.2, -0.15) is 0 Å². The standard InChI is InChI=1S/C34H23BrS/c35-34-23-22-33(36-34)32-20-18-31(19-21-32)30-16-14-29(15-17-30)28-12-10-27(11-13-28)26-8-6-25(7-9-26)24-4-2-1-3-5-24/h1-23H. The lowest BCUT2D eigenvalue weighted by Gasteiger charge is -2.08. The summed E-state index contributed by atoms with van der Waals surface area (Å²) in [5.41, 5.74) is 11.1. The smallest absolute Gasteiger partial charge is 0.0705 e. The van der Waals surface area contributed by atoms with Crippen molar-refractivity contribution < 1.29 is 0 Å². The van der Waals surface area contributed by atoms with Crippen molar-refractivity contribution in [1.82, 2.24) is 0 Å². The predicted octanol–water partition coefficient (Wildman–Crippen LogP) is 10.8. The van der Waals surface area contributed by atoms with Crippen molar-refractivity contribution in [3.05, 3.63) is 143 Å². The Morgan fingerprint density at radius 1 is 0.306 bits per heavy atom. The Morgan fingerprint density at radius 3 is 0.917 bits per heavy atom. The number of benzene rings is 5. The monoisotopic (exact) mass is 542 g/mol. The Hall–Kier alpha value is -3.72. The molecule has 0 saturated heterocycles. The minimum Gasteiger partial charge on any atom is -0.128 e. The lowest BCUT2D eigenvalue weighted by molar-refractivity contribution is 1.57. The highest BCUT2D eigenvalue weighted by atomic mass is 79.9. The van der Waals surface area contributed by atoms with Gasteiger partial charge in [0.25, 0.3) is 0 Å². The summed E-state index contributed by atoms with van der Waals surface area (Å²) < 4.78 is 1.16. The summed E-state index contributed by atoms with van der Waals surface area (Å²) in [7, 11) is 0. The average Bonchev–Trinajstić information content (AvgIpc) is 3.40. The summed E-state index contributed by atoms with van der Waals surface area (Å²) >= 11 is 5.31. The molecule has 0 N–H and O–H groups in total. The zero-order valence-electron chi connectivity index (χ0n) is 19.6. The molecule has 5 aromatic carbocycles. The molecule has 0 spiro atoms. The van der Waals surface area contributed by atoms with Crippen molar-refractivity contribution in [2.45, 2.75) is 0 Å². The van der Waals surface area contributed by atoms with Gasteiger partial charge in [0, 0.05) is 4.88 Å². The van der Waals surface area contributed by atoms with E-state index in [-0.39, 0.29) is 0 Å². The predicted molar refractivity (Wildman–Crippen MR) is 159 cm³/mol. The Bertz CT molecular complexity index is 1580. The third-order valence-corrected chi connectivity index (χ3v) is 8.18. The molecule has 0 fully saturated rings. The zero-order valence-corrected chi connectivity index (χ0v) is 22.0. The van der Waals surface area contributed by atoms with Crippen LogP contribution < -0.4 is 0 Å². The molecule has 0 radical (unpaired) electrons. The normalized spacial score (nSPS) is 10.9. The van der Waals surface area contributed by atoms with E-state index in [1.54, 1.807) is 11.3 Å². The van der Waals surface area contributed by atoms with Crippen LogP contribution in [0.4, 0.5) is 0 Å². The molecule has 1 aromatic heterocycles. The molecule has 0 nitrogen and oxygen atoms in total. The SMILES string of the molecule is Brc1ccc(-c2ccc(-c3ccc(-c4ccc(-c5ccc(-c6ccccc6)cc5)cc4)cc3)cc2)s1. The summed E-state index contributed by atoms with van der Waals surface area (Å²) in [6.07, 6.45) is 0. The third kappa shape index (κ3) is 4.83. The molecule has 6 aromatic rings. The fraction of sp³-hybridized carbons (Fsp3) is 0. The average molecular weight is 544 g/mol. The Morgan fingerprint density at radius 2 is 0.611 bits per heavy atom. The highest BCUT2D eigenvalue weighted by Crippen LogP contribution is 2.33. The van der Waals surface area contributed by atoms with E-state index in [2.05, 4.69) is 155 Å². The van der Waals surface area contributed by atoms with Crippen LogP contribution in [0.25, 0.3) is 54.9 Å². The molecule has 0 unspecified atom stereocenters. The summed E-state index contributed by atoms with van der Waals surface area (Å²) in [5.74, 6) is 0. The van der Waals surface area contributed by atoms with Crippen LogP contribution in [0.5, 0.6) is 0 Å². The number of rotatable bonds is 5. The van der Waals surface area contributed by atoms with Gasteiger partial charge < -0.3 is 0 Å². The zero-order chi connectivity index (χ0) is 24.3. The molecule has 0 aliphatic carbocycles.